The molecule has 106 valence electrons. The highest BCUT2D eigenvalue weighted by Gasteiger charge is 2.47. The normalized spacial score (nSPS) is 34.0. The summed E-state index contributed by atoms with van der Waals surface area (Å²) in [5, 5.41) is 0. The van der Waals surface area contributed by atoms with Crippen LogP contribution in [0.25, 0.3) is 0 Å². The number of halogens is 3. The number of hydrogen-bond donors (Lipinski definition) is 1. The van der Waals surface area contributed by atoms with Gasteiger partial charge >= 0.3 is 6.18 Å². The Labute approximate surface area is 107 Å². The molecule has 5 heteroatoms. The molecule has 0 spiro atoms. The summed E-state index contributed by atoms with van der Waals surface area (Å²) in [6.07, 6.45) is 0.112. The van der Waals surface area contributed by atoms with Gasteiger partial charge in [0, 0.05) is 18.6 Å². The van der Waals surface area contributed by atoms with Gasteiger partial charge in [-0.15, -0.1) is 0 Å². The lowest BCUT2D eigenvalue weighted by atomic mass is 9.75. The second-order valence-electron chi connectivity index (χ2n) is 6.07. The zero-order valence-corrected chi connectivity index (χ0v) is 11.0. The first-order valence-corrected chi connectivity index (χ1v) is 6.85. The maximum Gasteiger partial charge on any atom is 0.391 e. The molecule has 0 saturated heterocycles. The van der Waals surface area contributed by atoms with E-state index in [0.717, 1.165) is 12.5 Å². The van der Waals surface area contributed by atoms with Crippen molar-refractivity contribution in [3.05, 3.63) is 0 Å². The van der Waals surface area contributed by atoms with Crippen LogP contribution >= 0.6 is 0 Å². The van der Waals surface area contributed by atoms with E-state index in [4.69, 9.17) is 5.73 Å². The number of alkyl halides is 3. The highest BCUT2D eigenvalue weighted by atomic mass is 19.4. The fraction of sp³-hybridized carbons (Fsp3) is 1.00. The summed E-state index contributed by atoms with van der Waals surface area (Å²) < 4.78 is 38.0. The van der Waals surface area contributed by atoms with Crippen molar-refractivity contribution in [1.29, 1.82) is 0 Å². The molecule has 0 unspecified atom stereocenters. The molecule has 2 aliphatic carbocycles. The molecule has 0 amide bonds. The molecule has 0 bridgehead atoms. The van der Waals surface area contributed by atoms with Gasteiger partial charge in [0.2, 0.25) is 0 Å². The molecular weight excluding hydrogens is 241 g/mol. The second-order valence-corrected chi connectivity index (χ2v) is 6.07. The summed E-state index contributed by atoms with van der Waals surface area (Å²) in [6.45, 7) is 1.47. The van der Waals surface area contributed by atoms with Gasteiger partial charge in [-0.1, -0.05) is 0 Å². The maximum absolute atomic E-state index is 12.7. The van der Waals surface area contributed by atoms with Crippen LogP contribution in [0.5, 0.6) is 0 Å². The van der Waals surface area contributed by atoms with Gasteiger partial charge in [0.05, 0.1) is 5.92 Å². The Morgan fingerprint density at radius 2 is 1.72 bits per heavy atom. The lowest BCUT2D eigenvalue weighted by Gasteiger charge is -2.46. The smallest absolute Gasteiger partial charge is 0.329 e. The first kappa shape index (κ1) is 14.1. The Morgan fingerprint density at radius 3 is 2.11 bits per heavy atom. The predicted molar refractivity (Wildman–Crippen MR) is 65.2 cm³/mol. The van der Waals surface area contributed by atoms with E-state index in [-0.39, 0.29) is 18.4 Å². The van der Waals surface area contributed by atoms with Crippen LogP contribution in [-0.4, -0.2) is 36.8 Å². The van der Waals surface area contributed by atoms with Crippen LogP contribution in [0.4, 0.5) is 13.2 Å². The minimum Gasteiger partial charge on any atom is -0.329 e. The predicted octanol–water partition coefficient (Wildman–Crippen LogP) is 2.78. The summed E-state index contributed by atoms with van der Waals surface area (Å²) in [7, 11) is 2.03. The second kappa shape index (κ2) is 5.00. The topological polar surface area (TPSA) is 29.3 Å². The third-order valence-corrected chi connectivity index (χ3v) is 4.80. The van der Waals surface area contributed by atoms with E-state index in [1.165, 1.54) is 12.8 Å². The minimum atomic E-state index is -4.03. The van der Waals surface area contributed by atoms with E-state index in [1.54, 1.807) is 0 Å². The molecule has 2 rings (SSSR count). The van der Waals surface area contributed by atoms with Gasteiger partial charge in [-0.25, -0.2) is 0 Å². The first-order valence-electron chi connectivity index (χ1n) is 6.85. The third-order valence-electron chi connectivity index (χ3n) is 4.80. The van der Waals surface area contributed by atoms with Crippen molar-refractivity contribution >= 4 is 0 Å². The van der Waals surface area contributed by atoms with E-state index in [2.05, 4.69) is 4.90 Å². The molecule has 0 heterocycles. The first-order chi connectivity index (χ1) is 8.37. The van der Waals surface area contributed by atoms with Gasteiger partial charge in [-0.05, 0) is 51.5 Å². The fourth-order valence-corrected chi connectivity index (χ4v) is 3.11. The molecule has 0 aromatic heterocycles. The van der Waals surface area contributed by atoms with Crippen molar-refractivity contribution in [1.82, 2.24) is 4.90 Å². The third kappa shape index (κ3) is 2.99. The van der Waals surface area contributed by atoms with Crippen molar-refractivity contribution in [3.63, 3.8) is 0 Å². The fourth-order valence-electron chi connectivity index (χ4n) is 3.11. The molecule has 0 atom stereocenters. The summed E-state index contributed by atoms with van der Waals surface area (Å²) in [4.78, 5) is 2.23. The average molecular weight is 264 g/mol. The molecule has 2 fully saturated rings. The lowest BCUT2D eigenvalue weighted by molar-refractivity contribution is -0.188. The number of likely N-dealkylation sites (N-methyl/N-ethyl adjacent to an activating group) is 1. The molecule has 18 heavy (non-hydrogen) atoms. The Morgan fingerprint density at radius 1 is 1.17 bits per heavy atom. The summed E-state index contributed by atoms with van der Waals surface area (Å²) in [5.74, 6) is -0.370. The quantitative estimate of drug-likeness (QED) is 0.846. The maximum atomic E-state index is 12.7. The van der Waals surface area contributed by atoms with E-state index < -0.39 is 12.1 Å². The largest absolute Gasteiger partial charge is 0.391 e. The number of nitrogens with two attached hydrogens (primary N) is 1. The Hall–Kier alpha value is -0.290. The molecule has 0 aromatic rings. The van der Waals surface area contributed by atoms with Crippen LogP contribution in [-0.2, 0) is 0 Å². The number of hydrogen-bond acceptors (Lipinski definition) is 2. The highest BCUT2D eigenvalue weighted by Crippen LogP contribution is 2.43. The summed E-state index contributed by atoms with van der Waals surface area (Å²) >= 11 is 0. The van der Waals surface area contributed by atoms with Crippen LogP contribution in [0.2, 0.25) is 0 Å². The van der Waals surface area contributed by atoms with Crippen LogP contribution in [0, 0.1) is 11.8 Å². The molecule has 0 radical (unpaired) electrons. The SMILES string of the molecule is CN(CC1CC1)C1(CN)CCC(C(F)(F)F)CC1. The number of nitrogens with zero attached hydrogens (tertiary/aromatic N) is 1. The summed E-state index contributed by atoms with van der Waals surface area (Å²) in [5.41, 5.74) is 5.68. The molecular formula is C13H23F3N2. The van der Waals surface area contributed by atoms with Crippen LogP contribution in [0.1, 0.15) is 38.5 Å². The van der Waals surface area contributed by atoms with Crippen LogP contribution in [0.3, 0.4) is 0 Å². The van der Waals surface area contributed by atoms with E-state index >= 15 is 0 Å². The van der Waals surface area contributed by atoms with Crippen molar-refractivity contribution in [2.45, 2.75) is 50.2 Å². The molecule has 2 N–H and O–H groups in total. The van der Waals surface area contributed by atoms with Crippen molar-refractivity contribution in [2.24, 2.45) is 17.6 Å². The van der Waals surface area contributed by atoms with Crippen molar-refractivity contribution in [2.75, 3.05) is 20.1 Å². The standard InChI is InChI=1S/C13H23F3N2/c1-18(8-10-2-3-10)12(9-17)6-4-11(5-7-12)13(14,15)16/h10-11H,2-9,17H2,1H3. The van der Waals surface area contributed by atoms with Crippen molar-refractivity contribution < 1.29 is 13.2 Å². The van der Waals surface area contributed by atoms with E-state index in [0.29, 0.717) is 19.4 Å². The highest BCUT2D eigenvalue weighted by molar-refractivity contribution is 4.97. The van der Waals surface area contributed by atoms with Crippen LogP contribution in [0.15, 0.2) is 0 Å². The summed E-state index contributed by atoms with van der Waals surface area (Å²) in [6, 6.07) is 0. The molecule has 0 aromatic carbocycles. The lowest BCUT2D eigenvalue weighted by Crippen LogP contribution is -2.55. The molecule has 2 nitrogen and oxygen atoms in total. The van der Waals surface area contributed by atoms with Gasteiger partial charge in [-0.3, -0.25) is 4.90 Å². The zero-order chi connectivity index (χ0) is 13.4. The van der Waals surface area contributed by atoms with Gasteiger partial charge < -0.3 is 5.73 Å². The van der Waals surface area contributed by atoms with E-state index in [1.807, 2.05) is 7.05 Å². The van der Waals surface area contributed by atoms with Gasteiger partial charge in [0.25, 0.3) is 0 Å². The van der Waals surface area contributed by atoms with Crippen LogP contribution < -0.4 is 5.73 Å². The van der Waals surface area contributed by atoms with Gasteiger partial charge in [-0.2, -0.15) is 13.2 Å². The van der Waals surface area contributed by atoms with Gasteiger partial charge in [0.1, 0.15) is 0 Å². The molecule has 2 aliphatic rings. The Balaban J connectivity index is 1.94. The van der Waals surface area contributed by atoms with E-state index in [9.17, 15) is 13.2 Å². The monoisotopic (exact) mass is 264 g/mol. The van der Waals surface area contributed by atoms with Crippen molar-refractivity contribution in [3.8, 4) is 0 Å². The molecule has 0 aliphatic heterocycles. The number of rotatable bonds is 4. The minimum absolute atomic E-state index is 0.190. The average Bonchev–Trinajstić information content (AvgIpc) is 3.11. The zero-order valence-electron chi connectivity index (χ0n) is 11.0. The Bertz CT molecular complexity index is 278. The molecule has 2 saturated carbocycles. The van der Waals surface area contributed by atoms with Gasteiger partial charge in [0.15, 0.2) is 0 Å². The Kier molecular flexibility index (Phi) is 3.93.